The first-order valence-electron chi connectivity index (χ1n) is 3.57. The minimum atomic E-state index is -0.390. The van der Waals surface area contributed by atoms with Crippen LogP contribution in [0.25, 0.3) is 0 Å². The Bertz CT molecular complexity index is 115. The smallest absolute Gasteiger partial charge is 0.236 e. The summed E-state index contributed by atoms with van der Waals surface area (Å²) in [5, 5.41) is 2.72. The van der Waals surface area contributed by atoms with Crippen molar-refractivity contribution in [1.29, 1.82) is 0 Å². The fourth-order valence-corrected chi connectivity index (χ4v) is 0.466. The summed E-state index contributed by atoms with van der Waals surface area (Å²) in [4.78, 5) is 10.8. The van der Waals surface area contributed by atoms with E-state index in [1.165, 1.54) is 0 Å². The third-order valence-electron chi connectivity index (χ3n) is 1.10. The van der Waals surface area contributed by atoms with Crippen molar-refractivity contribution in [2.75, 3.05) is 6.54 Å². The van der Waals surface area contributed by atoms with E-state index in [2.05, 4.69) is 5.32 Å². The van der Waals surface area contributed by atoms with Crippen LogP contribution in [0.5, 0.6) is 0 Å². The van der Waals surface area contributed by atoms with Gasteiger partial charge in [0.1, 0.15) is 0 Å². The van der Waals surface area contributed by atoms with E-state index in [0.717, 1.165) is 0 Å². The van der Waals surface area contributed by atoms with Crippen molar-refractivity contribution in [1.82, 2.24) is 5.32 Å². The summed E-state index contributed by atoms with van der Waals surface area (Å²) in [7, 11) is 0. The van der Waals surface area contributed by atoms with Crippen molar-refractivity contribution < 1.29 is 4.79 Å². The van der Waals surface area contributed by atoms with Crippen molar-refractivity contribution in [3.05, 3.63) is 0 Å². The Balaban J connectivity index is 0. The largest absolute Gasteiger partial charge is 0.355 e. The predicted octanol–water partition coefficient (Wildman–Crippen LogP) is 0.528. The lowest BCUT2D eigenvalue weighted by atomic mass is 10.2. The van der Waals surface area contributed by atoms with Gasteiger partial charge in [0.05, 0.1) is 6.04 Å². The SMILES string of the molecule is CC(C)CNC(=O)C(C)N.Cl. The zero-order valence-corrected chi connectivity index (χ0v) is 8.07. The molecular weight excluding hydrogens is 164 g/mol. The van der Waals surface area contributed by atoms with Crippen LogP contribution in [-0.4, -0.2) is 18.5 Å². The zero-order valence-electron chi connectivity index (χ0n) is 7.26. The van der Waals surface area contributed by atoms with Crippen LogP contribution in [0.1, 0.15) is 20.8 Å². The van der Waals surface area contributed by atoms with Gasteiger partial charge in [0.25, 0.3) is 0 Å². The minimum absolute atomic E-state index is 0. The van der Waals surface area contributed by atoms with E-state index in [1.54, 1.807) is 6.92 Å². The number of halogens is 1. The second-order valence-electron chi connectivity index (χ2n) is 2.93. The third-order valence-corrected chi connectivity index (χ3v) is 1.10. The van der Waals surface area contributed by atoms with Gasteiger partial charge in [0.15, 0.2) is 0 Å². The molecule has 0 spiro atoms. The van der Waals surface area contributed by atoms with Gasteiger partial charge < -0.3 is 11.1 Å². The second-order valence-corrected chi connectivity index (χ2v) is 2.93. The molecule has 0 rings (SSSR count). The maximum Gasteiger partial charge on any atom is 0.236 e. The molecule has 0 radical (unpaired) electrons. The van der Waals surface area contributed by atoms with Gasteiger partial charge in [-0.1, -0.05) is 13.8 Å². The number of carbonyl (C=O) groups is 1. The van der Waals surface area contributed by atoms with Gasteiger partial charge in [-0.25, -0.2) is 0 Å². The lowest BCUT2D eigenvalue weighted by Crippen LogP contribution is -2.39. The highest BCUT2D eigenvalue weighted by Crippen LogP contribution is 1.87. The molecule has 0 fully saturated rings. The van der Waals surface area contributed by atoms with Gasteiger partial charge in [0.2, 0.25) is 5.91 Å². The maximum absolute atomic E-state index is 10.8. The molecule has 68 valence electrons. The summed E-state index contributed by atoms with van der Waals surface area (Å²) >= 11 is 0. The molecule has 0 aromatic carbocycles. The molecule has 0 aliphatic rings. The molecule has 0 saturated carbocycles. The number of hydrogen-bond acceptors (Lipinski definition) is 2. The Kier molecular flexibility index (Phi) is 7.79. The topological polar surface area (TPSA) is 55.1 Å². The van der Waals surface area contributed by atoms with E-state index in [1.807, 2.05) is 13.8 Å². The molecule has 1 unspecified atom stereocenters. The molecule has 4 heteroatoms. The van der Waals surface area contributed by atoms with Gasteiger partial charge in [-0.3, -0.25) is 4.79 Å². The number of carbonyl (C=O) groups excluding carboxylic acids is 1. The summed E-state index contributed by atoms with van der Waals surface area (Å²) in [6.07, 6.45) is 0. The predicted molar refractivity (Wildman–Crippen MR) is 48.7 cm³/mol. The average molecular weight is 181 g/mol. The van der Waals surface area contributed by atoms with Gasteiger partial charge in [0, 0.05) is 6.54 Å². The molecule has 3 N–H and O–H groups in total. The number of nitrogens with one attached hydrogen (secondary N) is 1. The van der Waals surface area contributed by atoms with Crippen LogP contribution in [0.4, 0.5) is 0 Å². The highest BCUT2D eigenvalue weighted by atomic mass is 35.5. The average Bonchev–Trinajstić information content (AvgIpc) is 1.82. The van der Waals surface area contributed by atoms with Gasteiger partial charge in [-0.2, -0.15) is 0 Å². The Morgan fingerprint density at radius 2 is 1.91 bits per heavy atom. The normalized spacial score (nSPS) is 12.1. The van der Waals surface area contributed by atoms with Crippen LogP contribution in [0.15, 0.2) is 0 Å². The maximum atomic E-state index is 10.8. The fourth-order valence-electron chi connectivity index (χ4n) is 0.466. The van der Waals surface area contributed by atoms with Crippen LogP contribution >= 0.6 is 12.4 Å². The molecule has 3 nitrogen and oxygen atoms in total. The molecule has 1 atom stereocenters. The summed E-state index contributed by atoms with van der Waals surface area (Å²) < 4.78 is 0. The highest BCUT2D eigenvalue weighted by Gasteiger charge is 2.05. The first-order chi connectivity index (χ1) is 4.54. The first-order valence-corrected chi connectivity index (χ1v) is 3.57. The van der Waals surface area contributed by atoms with Gasteiger partial charge in [-0.15, -0.1) is 12.4 Å². The highest BCUT2D eigenvalue weighted by molar-refractivity contribution is 5.85. The standard InChI is InChI=1S/C7H16N2O.ClH/c1-5(2)4-9-7(10)6(3)8;/h5-6H,4,8H2,1-3H3,(H,9,10);1H. The van der Waals surface area contributed by atoms with E-state index >= 15 is 0 Å². The van der Waals surface area contributed by atoms with Crippen LogP contribution in [0.2, 0.25) is 0 Å². The minimum Gasteiger partial charge on any atom is -0.355 e. The molecule has 0 aliphatic heterocycles. The van der Waals surface area contributed by atoms with Gasteiger partial charge >= 0.3 is 0 Å². The molecule has 0 aliphatic carbocycles. The van der Waals surface area contributed by atoms with Crippen LogP contribution < -0.4 is 11.1 Å². The number of hydrogen-bond donors (Lipinski definition) is 2. The van der Waals surface area contributed by atoms with E-state index in [0.29, 0.717) is 12.5 Å². The number of amides is 1. The molecule has 0 aromatic rings. The van der Waals surface area contributed by atoms with Crippen molar-refractivity contribution in [3.8, 4) is 0 Å². The Hall–Kier alpha value is -0.280. The second kappa shape index (κ2) is 6.43. The van der Waals surface area contributed by atoms with Gasteiger partial charge in [-0.05, 0) is 12.8 Å². The van der Waals surface area contributed by atoms with Crippen LogP contribution in [0, 0.1) is 5.92 Å². The molecule has 1 amide bonds. The van der Waals surface area contributed by atoms with Crippen molar-refractivity contribution in [3.63, 3.8) is 0 Å². The quantitative estimate of drug-likeness (QED) is 0.666. The van der Waals surface area contributed by atoms with Crippen molar-refractivity contribution in [2.24, 2.45) is 11.7 Å². The first kappa shape index (κ1) is 13.3. The Labute approximate surface area is 74.1 Å². The van der Waals surface area contributed by atoms with E-state index in [4.69, 9.17) is 5.73 Å². The molecule has 0 heterocycles. The van der Waals surface area contributed by atoms with E-state index in [-0.39, 0.29) is 18.3 Å². The molecule has 0 aromatic heterocycles. The molecule has 11 heavy (non-hydrogen) atoms. The Morgan fingerprint density at radius 1 is 1.45 bits per heavy atom. The molecular formula is C7H17ClN2O. The van der Waals surface area contributed by atoms with Crippen molar-refractivity contribution in [2.45, 2.75) is 26.8 Å². The summed E-state index contributed by atoms with van der Waals surface area (Å²) in [6.45, 7) is 6.47. The summed E-state index contributed by atoms with van der Waals surface area (Å²) in [6, 6.07) is -0.390. The van der Waals surface area contributed by atoms with Crippen molar-refractivity contribution >= 4 is 18.3 Å². The number of rotatable bonds is 3. The monoisotopic (exact) mass is 180 g/mol. The lowest BCUT2D eigenvalue weighted by molar-refractivity contribution is -0.122. The summed E-state index contributed by atoms with van der Waals surface area (Å²) in [5.74, 6) is 0.413. The molecule has 0 bridgehead atoms. The van der Waals surface area contributed by atoms with Crippen LogP contribution in [-0.2, 0) is 4.79 Å². The fraction of sp³-hybridized carbons (Fsp3) is 0.857. The van der Waals surface area contributed by atoms with Crippen LogP contribution in [0.3, 0.4) is 0 Å². The third kappa shape index (κ3) is 7.62. The van der Waals surface area contributed by atoms with E-state index in [9.17, 15) is 4.79 Å². The number of nitrogens with two attached hydrogens (primary N) is 1. The summed E-state index contributed by atoms with van der Waals surface area (Å²) in [5.41, 5.74) is 5.31. The van der Waals surface area contributed by atoms with E-state index < -0.39 is 6.04 Å². The molecule has 0 saturated heterocycles. The lowest BCUT2D eigenvalue weighted by Gasteiger charge is -2.08. The zero-order chi connectivity index (χ0) is 8.15. The Morgan fingerprint density at radius 3 is 2.18 bits per heavy atom.